The van der Waals surface area contributed by atoms with Gasteiger partial charge in [-0.15, -0.1) is 0 Å². The van der Waals surface area contributed by atoms with E-state index >= 15 is 0 Å². The van der Waals surface area contributed by atoms with Gasteiger partial charge >= 0.3 is 0 Å². The smallest absolute Gasteiger partial charge is 0.116 e. The normalized spacial score (nSPS) is 17.9. The average Bonchev–Trinajstić information content (AvgIpc) is 2.99. The van der Waals surface area contributed by atoms with Crippen molar-refractivity contribution in [1.82, 2.24) is 9.38 Å². The molecule has 1 saturated carbocycles. The van der Waals surface area contributed by atoms with Crippen LogP contribution in [0.2, 0.25) is 0 Å². The van der Waals surface area contributed by atoms with E-state index in [1.807, 2.05) is 6.92 Å². The molecule has 16 heavy (non-hydrogen) atoms. The Balaban J connectivity index is 2.28. The number of hydrogen-bond acceptors (Lipinski definition) is 2. The van der Waals surface area contributed by atoms with Gasteiger partial charge in [0.2, 0.25) is 0 Å². The molecule has 2 heterocycles. The molecular formula is C13H17N3. The summed E-state index contributed by atoms with van der Waals surface area (Å²) in [5.41, 5.74) is 9.46. The number of hydrogen-bond donors (Lipinski definition) is 1. The summed E-state index contributed by atoms with van der Waals surface area (Å²) in [6.07, 6.45) is 4.66. The van der Waals surface area contributed by atoms with Gasteiger partial charge in [-0.25, -0.2) is 4.98 Å². The van der Waals surface area contributed by atoms with E-state index in [1.165, 1.54) is 29.7 Å². The molecular weight excluding hydrogens is 198 g/mol. The Bertz CT molecular complexity index is 535. The lowest BCUT2D eigenvalue weighted by atomic mass is 10.2. The summed E-state index contributed by atoms with van der Waals surface area (Å²) in [5.74, 6) is 1.85. The maximum atomic E-state index is 5.99. The summed E-state index contributed by atoms with van der Waals surface area (Å²) in [4.78, 5) is 4.73. The number of nitrogens with two attached hydrogens (primary N) is 1. The first-order chi connectivity index (χ1) is 7.66. The number of aromatic nitrogens is 2. The summed E-state index contributed by atoms with van der Waals surface area (Å²) in [6, 6.07) is 4.31. The van der Waals surface area contributed by atoms with Crippen LogP contribution < -0.4 is 5.73 Å². The zero-order valence-corrected chi connectivity index (χ0v) is 9.77. The number of imidazole rings is 1. The van der Waals surface area contributed by atoms with Crippen molar-refractivity contribution in [2.75, 3.05) is 0 Å². The monoisotopic (exact) mass is 215 g/mol. The van der Waals surface area contributed by atoms with Crippen LogP contribution in [0.1, 0.15) is 48.8 Å². The predicted molar refractivity (Wildman–Crippen MR) is 64.5 cm³/mol. The summed E-state index contributed by atoms with van der Waals surface area (Å²) in [6.45, 7) is 4.11. The highest BCUT2D eigenvalue weighted by Crippen LogP contribution is 2.40. The molecule has 1 unspecified atom stereocenters. The first-order valence-corrected chi connectivity index (χ1v) is 5.91. The molecule has 84 valence electrons. The van der Waals surface area contributed by atoms with E-state index in [1.54, 1.807) is 0 Å². The zero-order valence-electron chi connectivity index (χ0n) is 9.77. The van der Waals surface area contributed by atoms with Crippen molar-refractivity contribution in [3.63, 3.8) is 0 Å². The highest BCUT2D eigenvalue weighted by molar-refractivity contribution is 5.56. The fourth-order valence-corrected chi connectivity index (χ4v) is 2.20. The van der Waals surface area contributed by atoms with Crippen LogP contribution in [-0.4, -0.2) is 9.38 Å². The van der Waals surface area contributed by atoms with Gasteiger partial charge in [0.25, 0.3) is 0 Å². The van der Waals surface area contributed by atoms with Crippen molar-refractivity contribution in [1.29, 1.82) is 0 Å². The lowest BCUT2D eigenvalue weighted by Crippen LogP contribution is -2.05. The Morgan fingerprint density at radius 2 is 2.25 bits per heavy atom. The second kappa shape index (κ2) is 3.32. The maximum Gasteiger partial charge on any atom is 0.116 e. The van der Waals surface area contributed by atoms with Gasteiger partial charge in [0.15, 0.2) is 0 Å². The third kappa shape index (κ3) is 1.43. The minimum absolute atomic E-state index is 0.00398. The molecule has 1 aliphatic carbocycles. The van der Waals surface area contributed by atoms with Crippen LogP contribution in [0.3, 0.4) is 0 Å². The Morgan fingerprint density at radius 3 is 2.88 bits per heavy atom. The third-order valence-corrected chi connectivity index (χ3v) is 3.23. The number of pyridine rings is 1. The van der Waals surface area contributed by atoms with Gasteiger partial charge in [-0.05, 0) is 44.4 Å². The minimum Gasteiger partial charge on any atom is -0.323 e. The highest BCUT2D eigenvalue weighted by atomic mass is 15.0. The Morgan fingerprint density at radius 1 is 1.50 bits per heavy atom. The fourth-order valence-electron chi connectivity index (χ4n) is 2.20. The van der Waals surface area contributed by atoms with Crippen molar-refractivity contribution >= 4 is 5.52 Å². The van der Waals surface area contributed by atoms with Crippen LogP contribution in [0.25, 0.3) is 5.52 Å². The molecule has 1 aliphatic rings. The van der Waals surface area contributed by atoms with Crippen LogP contribution in [-0.2, 0) is 0 Å². The van der Waals surface area contributed by atoms with Crippen LogP contribution in [0.15, 0.2) is 18.3 Å². The Hall–Kier alpha value is -1.35. The Labute approximate surface area is 95.3 Å². The molecule has 1 fully saturated rings. The summed E-state index contributed by atoms with van der Waals surface area (Å²) in [7, 11) is 0. The minimum atomic E-state index is 0.00398. The van der Waals surface area contributed by atoms with Crippen LogP contribution >= 0.6 is 0 Å². The maximum absolute atomic E-state index is 5.99. The molecule has 3 heteroatoms. The van der Waals surface area contributed by atoms with Gasteiger partial charge in [0.1, 0.15) is 5.82 Å². The summed E-state index contributed by atoms with van der Waals surface area (Å²) in [5, 5.41) is 0. The second-order valence-corrected chi connectivity index (χ2v) is 4.88. The third-order valence-electron chi connectivity index (χ3n) is 3.23. The van der Waals surface area contributed by atoms with Gasteiger partial charge in [-0.3, -0.25) is 0 Å². The second-order valence-electron chi connectivity index (χ2n) is 4.88. The van der Waals surface area contributed by atoms with E-state index in [0.717, 1.165) is 5.69 Å². The average molecular weight is 215 g/mol. The topological polar surface area (TPSA) is 43.3 Å². The number of nitrogens with zero attached hydrogens (tertiary/aromatic N) is 2. The standard InChI is InChI=1S/C13H17N3/c1-8-5-6-16-11(7-8)12(9(2)14)15-13(16)10-3-4-10/h5-7,9-10H,3-4,14H2,1-2H3. The van der Waals surface area contributed by atoms with Crippen molar-refractivity contribution in [2.24, 2.45) is 5.73 Å². The predicted octanol–water partition coefficient (Wildman–Crippen LogP) is 2.54. The molecule has 0 spiro atoms. The summed E-state index contributed by atoms with van der Waals surface area (Å²) < 4.78 is 2.21. The number of fused-ring (bicyclic) bond motifs is 1. The molecule has 3 nitrogen and oxygen atoms in total. The molecule has 2 aromatic rings. The van der Waals surface area contributed by atoms with E-state index in [0.29, 0.717) is 5.92 Å². The van der Waals surface area contributed by atoms with Gasteiger partial charge in [-0.1, -0.05) is 0 Å². The number of aryl methyl sites for hydroxylation is 1. The molecule has 1 atom stereocenters. The first-order valence-electron chi connectivity index (χ1n) is 5.91. The van der Waals surface area contributed by atoms with Crippen molar-refractivity contribution in [3.05, 3.63) is 35.4 Å². The quantitative estimate of drug-likeness (QED) is 0.836. The molecule has 0 aliphatic heterocycles. The molecule has 2 N–H and O–H groups in total. The molecule has 3 rings (SSSR count). The van der Waals surface area contributed by atoms with Crippen LogP contribution in [0.5, 0.6) is 0 Å². The molecule has 0 amide bonds. The van der Waals surface area contributed by atoms with E-state index in [2.05, 4.69) is 29.7 Å². The SMILES string of the molecule is Cc1ccn2c(C3CC3)nc(C(C)N)c2c1. The largest absolute Gasteiger partial charge is 0.323 e. The summed E-state index contributed by atoms with van der Waals surface area (Å²) >= 11 is 0. The molecule has 0 saturated heterocycles. The van der Waals surface area contributed by atoms with E-state index in [-0.39, 0.29) is 6.04 Å². The van der Waals surface area contributed by atoms with Gasteiger partial charge in [0, 0.05) is 18.2 Å². The van der Waals surface area contributed by atoms with Gasteiger partial charge in [-0.2, -0.15) is 0 Å². The van der Waals surface area contributed by atoms with Crippen LogP contribution in [0, 0.1) is 6.92 Å². The molecule has 0 bridgehead atoms. The van der Waals surface area contributed by atoms with Gasteiger partial charge in [0.05, 0.1) is 11.2 Å². The van der Waals surface area contributed by atoms with E-state index < -0.39 is 0 Å². The van der Waals surface area contributed by atoms with Crippen molar-refractivity contribution < 1.29 is 0 Å². The van der Waals surface area contributed by atoms with E-state index in [4.69, 9.17) is 10.7 Å². The number of rotatable bonds is 2. The van der Waals surface area contributed by atoms with Crippen LogP contribution in [0.4, 0.5) is 0 Å². The fraction of sp³-hybridized carbons (Fsp3) is 0.462. The zero-order chi connectivity index (χ0) is 11.3. The van der Waals surface area contributed by atoms with Crippen molar-refractivity contribution in [3.8, 4) is 0 Å². The molecule has 2 aromatic heterocycles. The Kier molecular flexibility index (Phi) is 2.04. The molecule has 0 radical (unpaired) electrons. The molecule has 0 aromatic carbocycles. The lowest BCUT2D eigenvalue weighted by Gasteiger charge is -2.02. The first kappa shape index (κ1) is 9.85. The lowest BCUT2D eigenvalue weighted by molar-refractivity contribution is 0.786. The van der Waals surface area contributed by atoms with E-state index in [9.17, 15) is 0 Å². The van der Waals surface area contributed by atoms with Gasteiger partial charge < -0.3 is 10.1 Å². The van der Waals surface area contributed by atoms with Crippen molar-refractivity contribution in [2.45, 2.75) is 38.6 Å². The highest BCUT2D eigenvalue weighted by Gasteiger charge is 2.29.